The van der Waals surface area contributed by atoms with Crippen LogP contribution in [0.25, 0.3) is 0 Å². The van der Waals surface area contributed by atoms with E-state index in [1.54, 1.807) is 0 Å². The molecule has 14 heavy (non-hydrogen) atoms. The standard InChI is InChI=1S/C12H21NO/c1-10(2)11(14)13-8-7-12(9-13)5-3-4-6-12/h10H,3-9H2,1-2H3. The summed E-state index contributed by atoms with van der Waals surface area (Å²) in [6.45, 7) is 6.06. The highest BCUT2D eigenvalue weighted by Crippen LogP contribution is 2.45. The highest BCUT2D eigenvalue weighted by Gasteiger charge is 2.41. The largest absolute Gasteiger partial charge is 0.342 e. The first-order valence-corrected chi connectivity index (χ1v) is 5.92. The van der Waals surface area contributed by atoms with Gasteiger partial charge in [-0.1, -0.05) is 26.7 Å². The molecule has 1 amide bonds. The molecular formula is C12H21NO. The Morgan fingerprint density at radius 3 is 2.43 bits per heavy atom. The SMILES string of the molecule is CC(C)C(=O)N1CCC2(CCCC2)C1. The Bertz CT molecular complexity index is 228. The minimum atomic E-state index is 0.173. The van der Waals surface area contributed by atoms with Crippen LogP contribution in [-0.4, -0.2) is 23.9 Å². The monoisotopic (exact) mass is 195 g/mol. The summed E-state index contributed by atoms with van der Waals surface area (Å²) in [5, 5.41) is 0. The van der Waals surface area contributed by atoms with Crippen molar-refractivity contribution >= 4 is 5.91 Å². The highest BCUT2D eigenvalue weighted by atomic mass is 16.2. The molecular weight excluding hydrogens is 174 g/mol. The van der Waals surface area contributed by atoms with E-state index in [9.17, 15) is 4.79 Å². The zero-order valence-corrected chi connectivity index (χ0v) is 9.38. The smallest absolute Gasteiger partial charge is 0.225 e. The molecule has 0 radical (unpaired) electrons. The Hall–Kier alpha value is -0.530. The van der Waals surface area contributed by atoms with Gasteiger partial charge in [-0.15, -0.1) is 0 Å². The van der Waals surface area contributed by atoms with Gasteiger partial charge in [0.05, 0.1) is 0 Å². The molecule has 0 aromatic heterocycles. The second-order valence-electron chi connectivity index (χ2n) is 5.37. The molecule has 1 aliphatic carbocycles. The number of carbonyl (C=O) groups is 1. The van der Waals surface area contributed by atoms with Gasteiger partial charge in [-0.05, 0) is 24.7 Å². The molecule has 80 valence electrons. The second-order valence-corrected chi connectivity index (χ2v) is 5.37. The van der Waals surface area contributed by atoms with Gasteiger partial charge in [-0.25, -0.2) is 0 Å². The van der Waals surface area contributed by atoms with Crippen LogP contribution in [-0.2, 0) is 4.79 Å². The molecule has 0 atom stereocenters. The number of carbonyl (C=O) groups excluding carboxylic acids is 1. The van der Waals surface area contributed by atoms with E-state index in [1.165, 1.54) is 32.1 Å². The normalized spacial score (nSPS) is 25.2. The summed E-state index contributed by atoms with van der Waals surface area (Å²) in [4.78, 5) is 13.9. The fourth-order valence-corrected chi connectivity index (χ4v) is 3.02. The molecule has 1 aliphatic heterocycles. The summed E-state index contributed by atoms with van der Waals surface area (Å²) in [7, 11) is 0. The van der Waals surface area contributed by atoms with Gasteiger partial charge in [0.1, 0.15) is 0 Å². The predicted molar refractivity (Wildman–Crippen MR) is 56.9 cm³/mol. The average Bonchev–Trinajstić information content (AvgIpc) is 2.76. The first kappa shape index (κ1) is 10.0. The number of likely N-dealkylation sites (tertiary alicyclic amines) is 1. The third kappa shape index (κ3) is 1.67. The highest BCUT2D eigenvalue weighted by molar-refractivity contribution is 5.78. The van der Waals surface area contributed by atoms with Gasteiger partial charge >= 0.3 is 0 Å². The third-order valence-corrected chi connectivity index (χ3v) is 3.91. The molecule has 1 heterocycles. The average molecular weight is 195 g/mol. The van der Waals surface area contributed by atoms with Crippen molar-refractivity contribution in [1.29, 1.82) is 0 Å². The van der Waals surface area contributed by atoms with Gasteiger partial charge < -0.3 is 4.90 Å². The molecule has 0 bridgehead atoms. The zero-order chi connectivity index (χ0) is 10.2. The van der Waals surface area contributed by atoms with E-state index in [0.29, 0.717) is 11.3 Å². The van der Waals surface area contributed by atoms with Gasteiger partial charge in [0.25, 0.3) is 0 Å². The predicted octanol–water partition coefficient (Wildman–Crippen LogP) is 2.44. The Morgan fingerprint density at radius 2 is 1.86 bits per heavy atom. The molecule has 0 N–H and O–H groups in total. The van der Waals surface area contributed by atoms with Crippen molar-refractivity contribution in [2.45, 2.75) is 46.0 Å². The number of hydrogen-bond donors (Lipinski definition) is 0. The minimum absolute atomic E-state index is 0.173. The maximum Gasteiger partial charge on any atom is 0.225 e. The van der Waals surface area contributed by atoms with Crippen LogP contribution in [0.4, 0.5) is 0 Å². The van der Waals surface area contributed by atoms with Crippen LogP contribution in [0, 0.1) is 11.3 Å². The number of hydrogen-bond acceptors (Lipinski definition) is 1. The maximum atomic E-state index is 11.8. The van der Waals surface area contributed by atoms with Crippen LogP contribution in [0.3, 0.4) is 0 Å². The van der Waals surface area contributed by atoms with Crippen molar-refractivity contribution in [3.63, 3.8) is 0 Å². The van der Waals surface area contributed by atoms with Crippen molar-refractivity contribution in [2.75, 3.05) is 13.1 Å². The summed E-state index contributed by atoms with van der Waals surface area (Å²) in [6, 6.07) is 0. The summed E-state index contributed by atoms with van der Waals surface area (Å²) in [5.74, 6) is 0.528. The molecule has 0 aromatic carbocycles. The van der Waals surface area contributed by atoms with Gasteiger partial charge in [0.15, 0.2) is 0 Å². The van der Waals surface area contributed by atoms with Gasteiger partial charge in [0.2, 0.25) is 5.91 Å². The molecule has 2 fully saturated rings. The van der Waals surface area contributed by atoms with Crippen LogP contribution >= 0.6 is 0 Å². The first-order chi connectivity index (χ1) is 6.63. The Balaban J connectivity index is 1.97. The topological polar surface area (TPSA) is 20.3 Å². The van der Waals surface area contributed by atoms with Crippen molar-refractivity contribution in [3.05, 3.63) is 0 Å². The van der Waals surface area contributed by atoms with Crippen molar-refractivity contribution in [2.24, 2.45) is 11.3 Å². The first-order valence-electron chi connectivity index (χ1n) is 5.92. The van der Waals surface area contributed by atoms with Gasteiger partial charge in [-0.2, -0.15) is 0 Å². The lowest BCUT2D eigenvalue weighted by Gasteiger charge is -2.24. The fourth-order valence-electron chi connectivity index (χ4n) is 3.02. The van der Waals surface area contributed by atoms with Crippen LogP contribution in [0.2, 0.25) is 0 Å². The Labute approximate surface area is 86.7 Å². The fraction of sp³-hybridized carbons (Fsp3) is 0.917. The molecule has 2 nitrogen and oxygen atoms in total. The van der Waals surface area contributed by atoms with Crippen LogP contribution < -0.4 is 0 Å². The molecule has 1 saturated heterocycles. The van der Waals surface area contributed by atoms with E-state index >= 15 is 0 Å². The lowest BCUT2D eigenvalue weighted by molar-refractivity contribution is -0.133. The van der Waals surface area contributed by atoms with Crippen molar-refractivity contribution < 1.29 is 4.79 Å². The number of rotatable bonds is 1. The second kappa shape index (κ2) is 3.56. The lowest BCUT2D eigenvalue weighted by Crippen LogP contribution is -2.34. The maximum absolute atomic E-state index is 11.8. The van der Waals surface area contributed by atoms with E-state index < -0.39 is 0 Å². The lowest BCUT2D eigenvalue weighted by atomic mass is 9.86. The van der Waals surface area contributed by atoms with E-state index in [0.717, 1.165) is 13.1 Å². The molecule has 1 saturated carbocycles. The minimum Gasteiger partial charge on any atom is -0.342 e. The van der Waals surface area contributed by atoms with E-state index in [4.69, 9.17) is 0 Å². The Morgan fingerprint density at radius 1 is 1.21 bits per heavy atom. The molecule has 2 aliphatic rings. The van der Waals surface area contributed by atoms with E-state index in [-0.39, 0.29) is 5.92 Å². The Kier molecular flexibility index (Phi) is 2.54. The van der Waals surface area contributed by atoms with Crippen molar-refractivity contribution in [3.8, 4) is 0 Å². The summed E-state index contributed by atoms with van der Waals surface area (Å²) >= 11 is 0. The molecule has 0 aromatic rings. The molecule has 2 heteroatoms. The van der Waals surface area contributed by atoms with Crippen LogP contribution in [0.5, 0.6) is 0 Å². The number of amides is 1. The summed E-state index contributed by atoms with van der Waals surface area (Å²) < 4.78 is 0. The quantitative estimate of drug-likeness (QED) is 0.629. The van der Waals surface area contributed by atoms with Crippen LogP contribution in [0.1, 0.15) is 46.0 Å². The molecule has 2 rings (SSSR count). The van der Waals surface area contributed by atoms with Crippen LogP contribution in [0.15, 0.2) is 0 Å². The van der Waals surface area contributed by atoms with E-state index in [1.807, 2.05) is 13.8 Å². The summed E-state index contributed by atoms with van der Waals surface area (Å²) in [6.07, 6.45) is 6.72. The molecule has 0 unspecified atom stereocenters. The van der Waals surface area contributed by atoms with Gasteiger partial charge in [-0.3, -0.25) is 4.79 Å². The van der Waals surface area contributed by atoms with Gasteiger partial charge in [0, 0.05) is 19.0 Å². The third-order valence-electron chi connectivity index (χ3n) is 3.91. The summed E-state index contributed by atoms with van der Waals surface area (Å²) in [5.41, 5.74) is 0.532. The van der Waals surface area contributed by atoms with E-state index in [2.05, 4.69) is 4.90 Å². The molecule has 1 spiro atoms. The zero-order valence-electron chi connectivity index (χ0n) is 9.38. The number of nitrogens with zero attached hydrogens (tertiary/aromatic N) is 1. The van der Waals surface area contributed by atoms with Crippen molar-refractivity contribution in [1.82, 2.24) is 4.90 Å².